The lowest BCUT2D eigenvalue weighted by molar-refractivity contribution is -0.117. The van der Waals surface area contributed by atoms with Crippen LogP contribution in [0.25, 0.3) is 0 Å². The summed E-state index contributed by atoms with van der Waals surface area (Å²) in [6.07, 6.45) is 1.44. The standard InChI is InChI=1S/C19H23ClN2O3S/c1-5-17(19(23)21-16-8-6-7-15(20)12-16)22(26(4,24)25)18-11-13(2)9-10-14(18)3/h6-12,17H,5H2,1-4H3,(H,21,23)/t17-/m1/s1. The Bertz CT molecular complexity index is 913. The van der Waals surface area contributed by atoms with Crippen LogP contribution in [0.15, 0.2) is 42.5 Å². The SMILES string of the molecule is CC[C@H](C(=O)Nc1cccc(Cl)c1)N(c1cc(C)ccc1C)S(C)(=O)=O. The average Bonchev–Trinajstić information content (AvgIpc) is 2.53. The van der Waals surface area contributed by atoms with Crippen LogP contribution in [0, 0.1) is 13.8 Å². The molecule has 140 valence electrons. The molecule has 0 aliphatic carbocycles. The minimum atomic E-state index is -3.67. The number of amides is 1. The zero-order valence-electron chi connectivity index (χ0n) is 15.3. The van der Waals surface area contributed by atoms with Crippen LogP contribution in [0.5, 0.6) is 0 Å². The molecule has 0 saturated heterocycles. The van der Waals surface area contributed by atoms with Gasteiger partial charge in [0, 0.05) is 10.7 Å². The highest BCUT2D eigenvalue weighted by Crippen LogP contribution is 2.28. The Balaban J connectivity index is 2.44. The smallest absolute Gasteiger partial charge is 0.248 e. The van der Waals surface area contributed by atoms with Crippen molar-refractivity contribution in [1.29, 1.82) is 0 Å². The van der Waals surface area contributed by atoms with Crippen molar-refractivity contribution in [3.05, 3.63) is 58.6 Å². The summed E-state index contributed by atoms with van der Waals surface area (Å²) in [7, 11) is -3.67. The molecule has 0 spiro atoms. The second-order valence-corrected chi connectivity index (χ2v) is 8.57. The van der Waals surface area contributed by atoms with Gasteiger partial charge in [-0.15, -0.1) is 0 Å². The van der Waals surface area contributed by atoms with Crippen molar-refractivity contribution in [2.24, 2.45) is 0 Å². The first-order valence-corrected chi connectivity index (χ1v) is 10.5. The molecule has 0 saturated carbocycles. The van der Waals surface area contributed by atoms with Crippen molar-refractivity contribution < 1.29 is 13.2 Å². The number of rotatable bonds is 6. The van der Waals surface area contributed by atoms with E-state index in [4.69, 9.17) is 11.6 Å². The number of nitrogens with zero attached hydrogens (tertiary/aromatic N) is 1. The maximum absolute atomic E-state index is 12.9. The number of halogens is 1. The molecular formula is C19H23ClN2O3S. The Kier molecular flexibility index (Phi) is 6.31. The molecular weight excluding hydrogens is 372 g/mol. The molecule has 26 heavy (non-hydrogen) atoms. The summed E-state index contributed by atoms with van der Waals surface area (Å²) >= 11 is 5.95. The quantitative estimate of drug-likeness (QED) is 0.800. The summed E-state index contributed by atoms with van der Waals surface area (Å²) in [6.45, 7) is 5.50. The molecule has 0 aliphatic rings. The number of sulfonamides is 1. The predicted molar refractivity (Wildman–Crippen MR) is 107 cm³/mol. The van der Waals surface area contributed by atoms with E-state index in [1.54, 1.807) is 37.3 Å². The number of carbonyl (C=O) groups is 1. The molecule has 0 aliphatic heterocycles. The second-order valence-electron chi connectivity index (χ2n) is 6.27. The highest BCUT2D eigenvalue weighted by Gasteiger charge is 2.32. The maximum Gasteiger partial charge on any atom is 0.248 e. The lowest BCUT2D eigenvalue weighted by atomic mass is 10.1. The van der Waals surface area contributed by atoms with Crippen molar-refractivity contribution >= 4 is 38.9 Å². The number of nitrogens with one attached hydrogen (secondary N) is 1. The van der Waals surface area contributed by atoms with Crippen LogP contribution in [0.1, 0.15) is 24.5 Å². The van der Waals surface area contributed by atoms with Gasteiger partial charge in [0.25, 0.3) is 0 Å². The van der Waals surface area contributed by atoms with E-state index in [0.29, 0.717) is 22.8 Å². The second kappa shape index (κ2) is 8.10. The van der Waals surface area contributed by atoms with Gasteiger partial charge in [-0.25, -0.2) is 8.42 Å². The number of benzene rings is 2. The van der Waals surface area contributed by atoms with Crippen molar-refractivity contribution in [2.45, 2.75) is 33.2 Å². The Labute approximate surface area is 160 Å². The summed E-state index contributed by atoms with van der Waals surface area (Å²) in [5, 5.41) is 3.25. The third kappa shape index (κ3) is 4.77. The van der Waals surface area contributed by atoms with E-state index in [1.165, 1.54) is 4.31 Å². The molecule has 0 unspecified atom stereocenters. The van der Waals surface area contributed by atoms with Gasteiger partial charge in [0.15, 0.2) is 0 Å². The first kappa shape index (κ1) is 20.3. The third-order valence-electron chi connectivity index (χ3n) is 4.02. The average molecular weight is 395 g/mol. The molecule has 2 aromatic carbocycles. The third-order valence-corrected chi connectivity index (χ3v) is 5.42. The van der Waals surface area contributed by atoms with E-state index >= 15 is 0 Å². The molecule has 0 fully saturated rings. The molecule has 0 heterocycles. The van der Waals surface area contributed by atoms with Gasteiger partial charge in [-0.05, 0) is 55.7 Å². The van der Waals surface area contributed by atoms with Crippen LogP contribution in [0.4, 0.5) is 11.4 Å². The minimum Gasteiger partial charge on any atom is -0.324 e. The molecule has 5 nitrogen and oxygen atoms in total. The van der Waals surface area contributed by atoms with Gasteiger partial charge in [0.1, 0.15) is 6.04 Å². The monoisotopic (exact) mass is 394 g/mol. The lowest BCUT2D eigenvalue weighted by Gasteiger charge is -2.31. The molecule has 1 N–H and O–H groups in total. The van der Waals surface area contributed by atoms with Crippen LogP contribution in [-0.2, 0) is 14.8 Å². The van der Waals surface area contributed by atoms with E-state index in [1.807, 2.05) is 26.0 Å². The Morgan fingerprint density at radius 1 is 1.19 bits per heavy atom. The first-order chi connectivity index (χ1) is 12.1. The largest absolute Gasteiger partial charge is 0.324 e. The van der Waals surface area contributed by atoms with E-state index < -0.39 is 22.0 Å². The molecule has 1 amide bonds. The van der Waals surface area contributed by atoms with Gasteiger partial charge in [0.05, 0.1) is 11.9 Å². The zero-order valence-corrected chi connectivity index (χ0v) is 16.9. The highest BCUT2D eigenvalue weighted by molar-refractivity contribution is 7.92. The fraction of sp³-hybridized carbons (Fsp3) is 0.316. The summed E-state index contributed by atoms with van der Waals surface area (Å²) in [5.74, 6) is -0.402. The first-order valence-electron chi connectivity index (χ1n) is 8.26. The van der Waals surface area contributed by atoms with Crippen molar-refractivity contribution in [3.8, 4) is 0 Å². The number of hydrogen-bond acceptors (Lipinski definition) is 3. The normalized spacial score (nSPS) is 12.5. The summed E-state index contributed by atoms with van der Waals surface area (Å²) in [5.41, 5.74) is 2.75. The fourth-order valence-electron chi connectivity index (χ4n) is 2.78. The van der Waals surface area contributed by atoms with Crippen LogP contribution in [0.2, 0.25) is 5.02 Å². The van der Waals surface area contributed by atoms with Crippen LogP contribution >= 0.6 is 11.6 Å². The van der Waals surface area contributed by atoms with E-state index in [-0.39, 0.29) is 0 Å². The number of anilines is 2. The van der Waals surface area contributed by atoms with Gasteiger partial charge < -0.3 is 5.32 Å². The maximum atomic E-state index is 12.9. The van der Waals surface area contributed by atoms with Gasteiger partial charge in [0.2, 0.25) is 15.9 Å². The van der Waals surface area contributed by atoms with E-state index in [9.17, 15) is 13.2 Å². The van der Waals surface area contributed by atoms with E-state index in [2.05, 4.69) is 5.32 Å². The molecule has 7 heteroatoms. The van der Waals surface area contributed by atoms with Crippen molar-refractivity contribution in [3.63, 3.8) is 0 Å². The zero-order chi connectivity index (χ0) is 19.5. The number of hydrogen-bond donors (Lipinski definition) is 1. The molecule has 0 radical (unpaired) electrons. The molecule has 2 aromatic rings. The predicted octanol–water partition coefficient (Wildman–Crippen LogP) is 4.14. The Morgan fingerprint density at radius 3 is 2.46 bits per heavy atom. The number of aryl methyl sites for hydroxylation is 2. The topological polar surface area (TPSA) is 66.5 Å². The van der Waals surface area contributed by atoms with Crippen molar-refractivity contribution in [2.75, 3.05) is 15.9 Å². The summed E-state index contributed by atoms with van der Waals surface area (Å²) in [6, 6.07) is 11.4. The molecule has 2 rings (SSSR count). The molecule has 0 bridgehead atoms. The fourth-order valence-corrected chi connectivity index (χ4v) is 4.24. The number of carbonyl (C=O) groups excluding carboxylic acids is 1. The summed E-state index contributed by atoms with van der Waals surface area (Å²) < 4.78 is 26.3. The lowest BCUT2D eigenvalue weighted by Crippen LogP contribution is -2.47. The summed E-state index contributed by atoms with van der Waals surface area (Å²) in [4.78, 5) is 12.9. The minimum absolute atomic E-state index is 0.326. The van der Waals surface area contributed by atoms with Gasteiger partial charge in [-0.3, -0.25) is 9.10 Å². The van der Waals surface area contributed by atoms with Crippen LogP contribution in [-0.4, -0.2) is 26.6 Å². The van der Waals surface area contributed by atoms with E-state index in [0.717, 1.165) is 17.4 Å². The van der Waals surface area contributed by atoms with Gasteiger partial charge in [-0.1, -0.05) is 36.7 Å². The molecule has 1 atom stereocenters. The van der Waals surface area contributed by atoms with Crippen LogP contribution in [0.3, 0.4) is 0 Å². The molecule has 0 aromatic heterocycles. The van der Waals surface area contributed by atoms with Crippen LogP contribution < -0.4 is 9.62 Å². The van der Waals surface area contributed by atoms with Crippen molar-refractivity contribution in [1.82, 2.24) is 0 Å². The Hall–Kier alpha value is -2.05. The Morgan fingerprint density at radius 2 is 1.88 bits per heavy atom. The highest BCUT2D eigenvalue weighted by atomic mass is 35.5. The van der Waals surface area contributed by atoms with Gasteiger partial charge in [-0.2, -0.15) is 0 Å². The van der Waals surface area contributed by atoms with Gasteiger partial charge >= 0.3 is 0 Å².